The van der Waals surface area contributed by atoms with Crippen LogP contribution >= 0.6 is 11.8 Å². The van der Waals surface area contributed by atoms with Crippen LogP contribution in [0.4, 0.5) is 5.82 Å². The molecule has 1 atom stereocenters. The third kappa shape index (κ3) is 2.66. The number of hydrogen-bond acceptors (Lipinski definition) is 6. The predicted octanol–water partition coefficient (Wildman–Crippen LogP) is 2.81. The minimum Gasteiger partial charge on any atom is -0.310 e. The van der Waals surface area contributed by atoms with Gasteiger partial charge in [0.1, 0.15) is 12.1 Å². The molecule has 1 aromatic carbocycles. The molecule has 5 rings (SSSR count). The summed E-state index contributed by atoms with van der Waals surface area (Å²) in [6, 6.07) is 12.0. The lowest BCUT2D eigenvalue weighted by Crippen LogP contribution is -2.25. The zero-order valence-corrected chi connectivity index (χ0v) is 16.1. The molecule has 1 aliphatic heterocycles. The summed E-state index contributed by atoms with van der Waals surface area (Å²) in [7, 11) is 0. The first-order valence-corrected chi connectivity index (χ1v) is 10.1. The molecule has 0 saturated carbocycles. The number of nitrogens with one attached hydrogen (secondary N) is 1. The SMILES string of the molecule is CSc1ccc([C@H]2CC(=O)Nc3c2c(C)nn3-c2ccc3nncn3n2)cc1. The molecular weight excluding hydrogens is 374 g/mol. The van der Waals surface area contributed by atoms with Crippen LogP contribution < -0.4 is 5.32 Å². The minimum absolute atomic E-state index is 0.0297. The molecule has 9 heteroatoms. The molecule has 1 aliphatic rings. The fourth-order valence-corrected chi connectivity index (χ4v) is 4.07. The van der Waals surface area contributed by atoms with Gasteiger partial charge in [-0.1, -0.05) is 12.1 Å². The number of thioether (sulfide) groups is 1. The van der Waals surface area contributed by atoms with Gasteiger partial charge in [-0.25, -0.2) is 0 Å². The summed E-state index contributed by atoms with van der Waals surface area (Å²) in [6.07, 6.45) is 3.99. The summed E-state index contributed by atoms with van der Waals surface area (Å²) in [5, 5.41) is 20.0. The molecule has 8 nitrogen and oxygen atoms in total. The average Bonchev–Trinajstić information content (AvgIpc) is 3.31. The van der Waals surface area contributed by atoms with Gasteiger partial charge in [0.2, 0.25) is 5.91 Å². The van der Waals surface area contributed by atoms with Crippen LogP contribution in [-0.4, -0.2) is 41.8 Å². The Bertz CT molecular complexity index is 1190. The van der Waals surface area contributed by atoms with Crippen molar-refractivity contribution in [3.05, 3.63) is 59.5 Å². The Morgan fingerprint density at radius 3 is 2.75 bits per heavy atom. The maximum absolute atomic E-state index is 12.5. The molecule has 28 heavy (non-hydrogen) atoms. The maximum atomic E-state index is 12.5. The van der Waals surface area contributed by atoms with E-state index in [9.17, 15) is 4.79 Å². The molecule has 0 fully saturated rings. The quantitative estimate of drug-likeness (QED) is 0.540. The fraction of sp³-hybridized carbons (Fsp3) is 0.211. The molecule has 4 heterocycles. The maximum Gasteiger partial charge on any atom is 0.226 e. The summed E-state index contributed by atoms with van der Waals surface area (Å²) in [5.74, 6) is 1.20. The average molecular weight is 391 g/mol. The number of amides is 1. The molecule has 4 aromatic rings. The van der Waals surface area contributed by atoms with Crippen LogP contribution in [0, 0.1) is 6.92 Å². The largest absolute Gasteiger partial charge is 0.310 e. The second-order valence-electron chi connectivity index (χ2n) is 6.66. The number of benzene rings is 1. The van der Waals surface area contributed by atoms with Gasteiger partial charge in [-0.15, -0.1) is 27.1 Å². The van der Waals surface area contributed by atoms with Gasteiger partial charge >= 0.3 is 0 Å². The Labute approximate surface area is 165 Å². The van der Waals surface area contributed by atoms with Crippen LogP contribution in [0.2, 0.25) is 0 Å². The van der Waals surface area contributed by atoms with Crippen LogP contribution in [0.25, 0.3) is 11.5 Å². The van der Waals surface area contributed by atoms with Gasteiger partial charge in [-0.05, 0) is 43.0 Å². The van der Waals surface area contributed by atoms with E-state index < -0.39 is 0 Å². The fourth-order valence-electron chi connectivity index (χ4n) is 3.67. The second kappa shape index (κ2) is 6.45. The molecule has 0 spiro atoms. The molecule has 0 saturated heterocycles. The standard InChI is InChI=1S/C19H17N7OS/c1-11-18-14(12-3-5-13(28-2)6-4-12)9-17(27)21-19(18)26(23-11)16-8-7-15-22-20-10-25(15)24-16/h3-8,10,14H,9H2,1-2H3,(H,21,27)/t14-/m1/s1. The molecule has 1 N–H and O–H groups in total. The smallest absolute Gasteiger partial charge is 0.226 e. The third-order valence-corrected chi connectivity index (χ3v) is 5.73. The van der Waals surface area contributed by atoms with E-state index in [1.54, 1.807) is 21.0 Å². The second-order valence-corrected chi connectivity index (χ2v) is 7.54. The van der Waals surface area contributed by atoms with Crippen LogP contribution in [0.15, 0.2) is 47.6 Å². The highest BCUT2D eigenvalue weighted by atomic mass is 32.2. The van der Waals surface area contributed by atoms with E-state index in [-0.39, 0.29) is 11.8 Å². The van der Waals surface area contributed by atoms with Crippen LogP contribution in [-0.2, 0) is 4.79 Å². The van der Waals surface area contributed by atoms with Gasteiger partial charge < -0.3 is 5.32 Å². The van der Waals surface area contributed by atoms with Gasteiger partial charge in [0.15, 0.2) is 11.5 Å². The topological polar surface area (TPSA) is 90.0 Å². The van der Waals surface area contributed by atoms with Crippen molar-refractivity contribution in [2.45, 2.75) is 24.2 Å². The van der Waals surface area contributed by atoms with Crippen molar-refractivity contribution in [3.8, 4) is 5.82 Å². The lowest BCUT2D eigenvalue weighted by molar-refractivity contribution is -0.116. The van der Waals surface area contributed by atoms with Crippen molar-refractivity contribution < 1.29 is 4.79 Å². The van der Waals surface area contributed by atoms with Crippen molar-refractivity contribution in [2.75, 3.05) is 11.6 Å². The highest BCUT2D eigenvalue weighted by Gasteiger charge is 2.33. The van der Waals surface area contributed by atoms with E-state index in [2.05, 4.69) is 56.2 Å². The van der Waals surface area contributed by atoms with Crippen LogP contribution in [0.1, 0.15) is 29.2 Å². The highest BCUT2D eigenvalue weighted by Crippen LogP contribution is 2.40. The molecule has 1 amide bonds. The van der Waals surface area contributed by atoms with E-state index in [1.807, 2.05) is 19.1 Å². The van der Waals surface area contributed by atoms with Crippen LogP contribution in [0.3, 0.4) is 0 Å². The molecule has 0 unspecified atom stereocenters. The van der Waals surface area contributed by atoms with E-state index in [0.29, 0.717) is 23.7 Å². The Morgan fingerprint density at radius 1 is 1.14 bits per heavy atom. The monoisotopic (exact) mass is 391 g/mol. The van der Waals surface area contributed by atoms with E-state index in [4.69, 9.17) is 0 Å². The normalized spacial score (nSPS) is 16.2. The summed E-state index contributed by atoms with van der Waals surface area (Å²) in [5.41, 5.74) is 3.66. The van der Waals surface area contributed by atoms with Crippen molar-refractivity contribution in [2.24, 2.45) is 0 Å². The lowest BCUT2D eigenvalue weighted by atomic mass is 9.86. The number of nitrogens with zero attached hydrogens (tertiary/aromatic N) is 6. The number of anilines is 1. The summed E-state index contributed by atoms with van der Waals surface area (Å²) in [4.78, 5) is 13.7. The summed E-state index contributed by atoms with van der Waals surface area (Å²) < 4.78 is 3.27. The predicted molar refractivity (Wildman–Crippen MR) is 106 cm³/mol. The number of rotatable bonds is 3. The number of carbonyl (C=O) groups is 1. The van der Waals surface area contributed by atoms with Crippen molar-refractivity contribution in [1.82, 2.24) is 29.6 Å². The molecule has 0 bridgehead atoms. The first-order chi connectivity index (χ1) is 13.6. The van der Waals surface area contributed by atoms with Crippen molar-refractivity contribution in [1.29, 1.82) is 0 Å². The number of fused-ring (bicyclic) bond motifs is 2. The Hall–Kier alpha value is -3.20. The molecule has 3 aromatic heterocycles. The minimum atomic E-state index is -0.0351. The van der Waals surface area contributed by atoms with E-state index in [1.165, 1.54) is 11.2 Å². The van der Waals surface area contributed by atoms with Gasteiger partial charge in [0.05, 0.1) is 5.69 Å². The Morgan fingerprint density at radius 2 is 1.96 bits per heavy atom. The van der Waals surface area contributed by atoms with Gasteiger partial charge in [0.25, 0.3) is 0 Å². The van der Waals surface area contributed by atoms with E-state index >= 15 is 0 Å². The number of carbonyl (C=O) groups excluding carboxylic acids is 1. The molecule has 140 valence electrons. The van der Waals surface area contributed by atoms with Gasteiger partial charge in [-0.2, -0.15) is 14.3 Å². The van der Waals surface area contributed by atoms with Crippen molar-refractivity contribution in [3.63, 3.8) is 0 Å². The van der Waals surface area contributed by atoms with E-state index in [0.717, 1.165) is 16.8 Å². The first-order valence-electron chi connectivity index (χ1n) is 8.85. The third-order valence-electron chi connectivity index (χ3n) is 4.99. The van der Waals surface area contributed by atoms with Gasteiger partial charge in [0, 0.05) is 22.8 Å². The first kappa shape index (κ1) is 16.9. The Kier molecular flexibility index (Phi) is 3.90. The lowest BCUT2D eigenvalue weighted by Gasteiger charge is -2.24. The summed E-state index contributed by atoms with van der Waals surface area (Å²) >= 11 is 1.70. The zero-order valence-electron chi connectivity index (χ0n) is 15.3. The highest BCUT2D eigenvalue weighted by molar-refractivity contribution is 7.98. The number of aryl methyl sites for hydroxylation is 1. The molecule has 0 radical (unpaired) electrons. The molecular formula is C19H17N7OS. The summed E-state index contributed by atoms with van der Waals surface area (Å²) in [6.45, 7) is 1.97. The number of hydrogen-bond donors (Lipinski definition) is 1. The zero-order chi connectivity index (χ0) is 19.3. The van der Waals surface area contributed by atoms with Crippen LogP contribution in [0.5, 0.6) is 0 Å². The Balaban J connectivity index is 1.64. The van der Waals surface area contributed by atoms with Gasteiger partial charge in [-0.3, -0.25) is 4.79 Å². The van der Waals surface area contributed by atoms with Crippen molar-refractivity contribution >= 4 is 29.1 Å². The number of aromatic nitrogens is 6. The molecule has 0 aliphatic carbocycles.